The van der Waals surface area contributed by atoms with Crippen molar-refractivity contribution in [3.8, 4) is 0 Å². The van der Waals surface area contributed by atoms with Crippen LogP contribution in [0.3, 0.4) is 0 Å². The number of carbonyl (C=O) groups excluding carboxylic acids is 1. The van der Waals surface area contributed by atoms with Crippen LogP contribution in [0.15, 0.2) is 84.0 Å². The van der Waals surface area contributed by atoms with Gasteiger partial charge in [-0.05, 0) is 36.2 Å². The van der Waals surface area contributed by atoms with Gasteiger partial charge in [0.15, 0.2) is 5.16 Å². The van der Waals surface area contributed by atoms with Gasteiger partial charge in [0, 0.05) is 19.5 Å². The number of fused-ring (bicyclic) bond motifs is 2. The fraction of sp³-hybridized carbons (Fsp3) is 0.192. The van der Waals surface area contributed by atoms with Crippen LogP contribution in [0.2, 0.25) is 0 Å². The summed E-state index contributed by atoms with van der Waals surface area (Å²) >= 11 is 1.48. The van der Waals surface area contributed by atoms with Crippen LogP contribution in [-0.4, -0.2) is 37.7 Å². The fourth-order valence-corrected chi connectivity index (χ4v) is 4.76. The van der Waals surface area contributed by atoms with Crippen molar-refractivity contribution in [2.45, 2.75) is 24.5 Å². The van der Waals surface area contributed by atoms with Crippen molar-refractivity contribution < 1.29 is 4.79 Å². The molecule has 0 aliphatic carbocycles. The summed E-state index contributed by atoms with van der Waals surface area (Å²) in [6.45, 7) is 1.37. The molecular formula is C26H25N5OS. The average Bonchev–Trinajstić information content (AvgIpc) is 3.42. The number of nitrogens with zero attached hydrogens (tertiary/aromatic N) is 3. The van der Waals surface area contributed by atoms with Gasteiger partial charge in [-0.25, -0.2) is 9.97 Å². The second-order valence-corrected chi connectivity index (χ2v) is 8.80. The van der Waals surface area contributed by atoms with Crippen LogP contribution < -0.4 is 5.32 Å². The van der Waals surface area contributed by atoms with Gasteiger partial charge in [-0.1, -0.05) is 66.4 Å². The molecule has 0 bridgehead atoms. The summed E-state index contributed by atoms with van der Waals surface area (Å²) in [4.78, 5) is 25.1. The molecule has 0 aliphatic heterocycles. The van der Waals surface area contributed by atoms with Gasteiger partial charge >= 0.3 is 0 Å². The molecule has 2 N–H and O–H groups in total. The number of para-hydroxylation sites is 4. The zero-order valence-electron chi connectivity index (χ0n) is 18.2. The molecule has 2 aromatic heterocycles. The van der Waals surface area contributed by atoms with Gasteiger partial charge in [0.05, 0.1) is 27.8 Å². The van der Waals surface area contributed by atoms with Crippen LogP contribution in [-0.2, 0) is 24.2 Å². The molecule has 0 atom stereocenters. The summed E-state index contributed by atoms with van der Waals surface area (Å²) in [6.07, 6.45) is 1.58. The van der Waals surface area contributed by atoms with Crippen molar-refractivity contribution in [3.05, 3.63) is 90.3 Å². The highest BCUT2D eigenvalue weighted by molar-refractivity contribution is 7.99. The minimum absolute atomic E-state index is 0.00206. The maximum atomic E-state index is 12.5. The zero-order chi connectivity index (χ0) is 22.5. The van der Waals surface area contributed by atoms with Crippen molar-refractivity contribution >= 4 is 39.7 Å². The lowest BCUT2D eigenvalue weighted by Gasteiger charge is -2.09. The van der Waals surface area contributed by atoms with E-state index in [9.17, 15) is 4.79 Å². The number of carbonyl (C=O) groups is 1. The van der Waals surface area contributed by atoms with Gasteiger partial charge in [0.2, 0.25) is 5.91 Å². The van der Waals surface area contributed by atoms with Gasteiger partial charge < -0.3 is 14.9 Å². The summed E-state index contributed by atoms with van der Waals surface area (Å²) in [7, 11) is 0. The van der Waals surface area contributed by atoms with E-state index in [-0.39, 0.29) is 5.91 Å². The molecule has 0 spiro atoms. The smallest absolute Gasteiger partial charge is 0.230 e. The zero-order valence-corrected chi connectivity index (χ0v) is 19.0. The number of rotatable bonds is 9. The molecule has 7 heteroatoms. The molecule has 5 aromatic rings. The minimum Gasteiger partial charge on any atom is -0.355 e. The van der Waals surface area contributed by atoms with Crippen molar-refractivity contribution in [1.29, 1.82) is 0 Å². The first-order valence-electron chi connectivity index (χ1n) is 11.1. The quantitative estimate of drug-likeness (QED) is 0.318. The van der Waals surface area contributed by atoms with E-state index in [0.29, 0.717) is 18.7 Å². The van der Waals surface area contributed by atoms with Crippen molar-refractivity contribution in [2.75, 3.05) is 12.3 Å². The van der Waals surface area contributed by atoms with Crippen LogP contribution in [0, 0.1) is 0 Å². The highest BCUT2D eigenvalue weighted by atomic mass is 32.2. The molecular weight excluding hydrogens is 430 g/mol. The number of hydrogen-bond acceptors (Lipinski definition) is 4. The first-order valence-corrected chi connectivity index (χ1v) is 12.1. The van der Waals surface area contributed by atoms with Gasteiger partial charge in [-0.15, -0.1) is 0 Å². The fourth-order valence-electron chi connectivity index (χ4n) is 3.89. The Morgan fingerprint density at radius 3 is 2.48 bits per heavy atom. The standard InChI is InChI=1S/C26H25N5OS/c32-25(27-16-14-24-28-20-10-4-5-11-21(20)29-24)18-33-26-30-22-12-6-7-13-23(22)31(26)17-15-19-8-2-1-3-9-19/h1-13H,14-18H2,(H,27,32)(H,28,29). The summed E-state index contributed by atoms with van der Waals surface area (Å²) in [5, 5.41) is 3.87. The molecule has 0 saturated carbocycles. The van der Waals surface area contributed by atoms with Gasteiger partial charge in [0.25, 0.3) is 0 Å². The van der Waals surface area contributed by atoms with E-state index < -0.39 is 0 Å². The number of benzene rings is 3. The van der Waals surface area contributed by atoms with E-state index in [2.05, 4.69) is 50.2 Å². The Kier molecular flexibility index (Phi) is 6.39. The van der Waals surface area contributed by atoms with E-state index in [1.807, 2.05) is 48.5 Å². The first kappa shape index (κ1) is 21.3. The normalized spacial score (nSPS) is 11.3. The number of nitrogens with one attached hydrogen (secondary N) is 2. The Bertz CT molecular complexity index is 1340. The second kappa shape index (κ2) is 9.92. The summed E-state index contributed by atoms with van der Waals surface area (Å²) in [5.74, 6) is 1.21. The predicted octanol–water partition coefficient (Wildman–Crippen LogP) is 4.61. The highest BCUT2D eigenvalue weighted by Crippen LogP contribution is 2.24. The van der Waals surface area contributed by atoms with Crippen LogP contribution in [0.5, 0.6) is 0 Å². The van der Waals surface area contributed by atoms with E-state index in [1.54, 1.807) is 0 Å². The molecule has 166 valence electrons. The third-order valence-corrected chi connectivity index (χ3v) is 6.52. The summed E-state index contributed by atoms with van der Waals surface area (Å²) in [5.41, 5.74) is 5.31. The van der Waals surface area contributed by atoms with Gasteiger partial charge in [-0.3, -0.25) is 4.79 Å². The molecule has 5 rings (SSSR count). The number of thioether (sulfide) groups is 1. The van der Waals surface area contributed by atoms with E-state index >= 15 is 0 Å². The largest absolute Gasteiger partial charge is 0.355 e. The lowest BCUT2D eigenvalue weighted by molar-refractivity contribution is -0.118. The minimum atomic E-state index is -0.00206. The van der Waals surface area contributed by atoms with Crippen molar-refractivity contribution in [3.63, 3.8) is 0 Å². The lowest BCUT2D eigenvalue weighted by atomic mass is 10.1. The van der Waals surface area contributed by atoms with Crippen LogP contribution in [0.1, 0.15) is 11.4 Å². The Hall–Kier alpha value is -3.58. The van der Waals surface area contributed by atoms with E-state index in [1.165, 1.54) is 17.3 Å². The Morgan fingerprint density at radius 2 is 1.64 bits per heavy atom. The maximum Gasteiger partial charge on any atom is 0.230 e. The van der Waals surface area contributed by atoms with Gasteiger partial charge in [0.1, 0.15) is 5.82 Å². The molecule has 2 heterocycles. The molecule has 6 nitrogen and oxygen atoms in total. The van der Waals surface area contributed by atoms with Crippen LogP contribution >= 0.6 is 11.8 Å². The predicted molar refractivity (Wildman–Crippen MR) is 133 cm³/mol. The highest BCUT2D eigenvalue weighted by Gasteiger charge is 2.13. The first-order chi connectivity index (χ1) is 16.3. The molecule has 0 aliphatic rings. The van der Waals surface area contributed by atoms with E-state index in [4.69, 9.17) is 4.98 Å². The molecule has 0 saturated heterocycles. The number of amides is 1. The third-order valence-electron chi connectivity index (χ3n) is 5.54. The molecule has 1 amide bonds. The Labute approximate surface area is 196 Å². The Morgan fingerprint density at radius 1 is 0.879 bits per heavy atom. The summed E-state index contributed by atoms with van der Waals surface area (Å²) in [6, 6.07) is 26.5. The molecule has 0 radical (unpaired) electrons. The monoisotopic (exact) mass is 455 g/mol. The number of hydrogen-bond donors (Lipinski definition) is 2. The SMILES string of the molecule is O=C(CSc1nc2ccccc2n1CCc1ccccc1)NCCc1nc2ccccc2[nH]1. The molecule has 0 unspecified atom stereocenters. The Balaban J connectivity index is 1.19. The summed E-state index contributed by atoms with van der Waals surface area (Å²) < 4.78 is 2.22. The third kappa shape index (κ3) is 5.09. The van der Waals surface area contributed by atoms with E-state index in [0.717, 1.165) is 46.0 Å². The maximum absolute atomic E-state index is 12.5. The number of aromatic amines is 1. The lowest BCUT2D eigenvalue weighted by Crippen LogP contribution is -2.27. The number of aromatic nitrogens is 4. The van der Waals surface area contributed by atoms with Crippen LogP contribution in [0.4, 0.5) is 0 Å². The van der Waals surface area contributed by atoms with Crippen molar-refractivity contribution in [2.24, 2.45) is 0 Å². The topological polar surface area (TPSA) is 75.6 Å². The molecule has 3 aromatic carbocycles. The van der Waals surface area contributed by atoms with Gasteiger partial charge in [-0.2, -0.15) is 0 Å². The van der Waals surface area contributed by atoms with Crippen molar-refractivity contribution in [1.82, 2.24) is 24.8 Å². The molecule has 0 fully saturated rings. The number of imidazole rings is 2. The number of H-pyrrole nitrogens is 1. The number of aryl methyl sites for hydroxylation is 2. The van der Waals surface area contributed by atoms with Crippen LogP contribution in [0.25, 0.3) is 22.1 Å². The average molecular weight is 456 g/mol. The molecule has 33 heavy (non-hydrogen) atoms. The second-order valence-electron chi connectivity index (χ2n) is 7.86.